The average molecular weight is 590 g/mol. The first kappa shape index (κ1) is 27.8. The molecule has 10 heteroatoms. The number of hydrogen-bond donors (Lipinski definition) is 1. The van der Waals surface area contributed by atoms with Gasteiger partial charge in [-0.3, -0.25) is 9.10 Å². The molecular formula is C28H23Cl3N2O4S. The van der Waals surface area contributed by atoms with E-state index in [0.29, 0.717) is 32.2 Å². The monoisotopic (exact) mass is 588 g/mol. The number of halogens is 3. The minimum Gasteiger partial charge on any atom is -0.484 e. The molecule has 4 aromatic carbocycles. The Morgan fingerprint density at radius 3 is 2.05 bits per heavy atom. The minimum atomic E-state index is -3.89. The fraction of sp³-hybridized carbons (Fsp3) is 0.107. The quantitative estimate of drug-likeness (QED) is 0.221. The molecule has 0 aliphatic rings. The van der Waals surface area contributed by atoms with Gasteiger partial charge in [0.05, 0.1) is 32.9 Å². The highest BCUT2D eigenvalue weighted by Crippen LogP contribution is 2.30. The van der Waals surface area contributed by atoms with Gasteiger partial charge in [0.2, 0.25) is 0 Å². The summed E-state index contributed by atoms with van der Waals surface area (Å²) in [6, 6.07) is 25.0. The molecule has 0 bridgehead atoms. The van der Waals surface area contributed by atoms with E-state index in [9.17, 15) is 13.2 Å². The van der Waals surface area contributed by atoms with Crippen LogP contribution in [0.5, 0.6) is 5.75 Å². The second kappa shape index (κ2) is 12.1. The molecule has 1 amide bonds. The third-order valence-electron chi connectivity index (χ3n) is 5.57. The number of nitrogens with zero attached hydrogens (tertiary/aromatic N) is 1. The summed E-state index contributed by atoms with van der Waals surface area (Å²) in [5, 5.41) is 3.81. The van der Waals surface area contributed by atoms with Gasteiger partial charge in [0.15, 0.2) is 6.61 Å². The van der Waals surface area contributed by atoms with Crippen LogP contribution in [0.2, 0.25) is 15.1 Å². The number of rotatable bonds is 9. The van der Waals surface area contributed by atoms with Gasteiger partial charge in [-0.05, 0) is 73.2 Å². The molecule has 0 aliphatic heterocycles. The zero-order valence-electron chi connectivity index (χ0n) is 20.2. The van der Waals surface area contributed by atoms with Crippen molar-refractivity contribution in [3.63, 3.8) is 0 Å². The smallest absolute Gasteiger partial charge is 0.264 e. The molecule has 0 heterocycles. The van der Waals surface area contributed by atoms with Crippen molar-refractivity contribution in [1.82, 2.24) is 0 Å². The molecule has 0 unspecified atom stereocenters. The predicted molar refractivity (Wildman–Crippen MR) is 153 cm³/mol. The van der Waals surface area contributed by atoms with E-state index in [1.807, 2.05) is 6.92 Å². The van der Waals surface area contributed by atoms with Crippen molar-refractivity contribution in [1.29, 1.82) is 0 Å². The summed E-state index contributed by atoms with van der Waals surface area (Å²) in [4.78, 5) is 12.5. The van der Waals surface area contributed by atoms with Crippen LogP contribution in [0.1, 0.15) is 11.1 Å². The molecule has 38 heavy (non-hydrogen) atoms. The fourth-order valence-electron chi connectivity index (χ4n) is 3.56. The zero-order valence-corrected chi connectivity index (χ0v) is 23.3. The Hall–Kier alpha value is -3.23. The van der Waals surface area contributed by atoms with E-state index in [1.54, 1.807) is 91.0 Å². The van der Waals surface area contributed by atoms with Crippen molar-refractivity contribution in [3.05, 3.63) is 117 Å². The molecule has 0 saturated carbocycles. The first-order valence-corrected chi connectivity index (χ1v) is 14.0. The van der Waals surface area contributed by atoms with Gasteiger partial charge in [0, 0.05) is 5.02 Å². The maximum Gasteiger partial charge on any atom is 0.264 e. The average Bonchev–Trinajstić information content (AvgIpc) is 2.90. The molecule has 0 spiro atoms. The molecule has 6 nitrogen and oxygen atoms in total. The lowest BCUT2D eigenvalue weighted by Crippen LogP contribution is -2.30. The van der Waals surface area contributed by atoms with Crippen LogP contribution in [0.3, 0.4) is 0 Å². The van der Waals surface area contributed by atoms with Gasteiger partial charge >= 0.3 is 0 Å². The maximum absolute atomic E-state index is 13.6. The Labute approximate surface area is 236 Å². The van der Waals surface area contributed by atoms with Crippen LogP contribution in [-0.4, -0.2) is 20.9 Å². The molecule has 1 N–H and O–H groups in total. The standard InChI is InChI=1S/C28H23Cl3N2O4S/c1-19-5-15-24(16-6-19)38(35,36)33(17-20-7-9-21(29)10-8-20)22-11-13-23(14-12-22)37-18-27(34)32-28-25(30)3-2-4-26(28)31/h2-16H,17-18H2,1H3,(H,32,34). The lowest BCUT2D eigenvalue weighted by atomic mass is 10.2. The second-order valence-corrected chi connectivity index (χ2v) is 11.5. The number of carbonyl (C=O) groups excluding carboxylic acids is 1. The van der Waals surface area contributed by atoms with E-state index in [1.165, 1.54) is 4.31 Å². The van der Waals surface area contributed by atoms with Crippen LogP contribution in [0.15, 0.2) is 95.9 Å². The van der Waals surface area contributed by atoms with E-state index >= 15 is 0 Å². The Morgan fingerprint density at radius 2 is 1.45 bits per heavy atom. The van der Waals surface area contributed by atoms with E-state index in [4.69, 9.17) is 39.5 Å². The zero-order chi connectivity index (χ0) is 27.3. The largest absolute Gasteiger partial charge is 0.484 e. The summed E-state index contributed by atoms with van der Waals surface area (Å²) in [5.41, 5.74) is 2.45. The number of hydrogen-bond acceptors (Lipinski definition) is 4. The highest BCUT2D eigenvalue weighted by atomic mass is 35.5. The van der Waals surface area contributed by atoms with Gasteiger partial charge in [-0.25, -0.2) is 8.42 Å². The minimum absolute atomic E-state index is 0.0918. The first-order valence-electron chi connectivity index (χ1n) is 11.4. The van der Waals surface area contributed by atoms with Crippen molar-refractivity contribution in [2.24, 2.45) is 0 Å². The van der Waals surface area contributed by atoms with Crippen molar-refractivity contribution in [2.45, 2.75) is 18.4 Å². The summed E-state index contributed by atoms with van der Waals surface area (Å²) in [5.74, 6) is -0.0660. The van der Waals surface area contributed by atoms with E-state index in [-0.39, 0.29) is 18.0 Å². The SMILES string of the molecule is Cc1ccc(S(=O)(=O)N(Cc2ccc(Cl)cc2)c2ccc(OCC(=O)Nc3c(Cl)cccc3Cl)cc2)cc1. The third kappa shape index (κ3) is 6.79. The van der Waals surface area contributed by atoms with Crippen LogP contribution in [0, 0.1) is 6.92 Å². The molecule has 4 rings (SSSR count). The predicted octanol–water partition coefficient (Wildman–Crippen LogP) is 7.37. The second-order valence-electron chi connectivity index (χ2n) is 8.38. The molecular weight excluding hydrogens is 567 g/mol. The van der Waals surface area contributed by atoms with E-state index in [0.717, 1.165) is 11.1 Å². The Balaban J connectivity index is 1.53. The van der Waals surface area contributed by atoms with Gasteiger partial charge in [-0.2, -0.15) is 0 Å². The molecule has 0 fully saturated rings. The number of aryl methyl sites for hydroxylation is 1. The molecule has 0 aromatic heterocycles. The summed E-state index contributed by atoms with van der Waals surface area (Å²) in [6.07, 6.45) is 0. The number of anilines is 2. The summed E-state index contributed by atoms with van der Waals surface area (Å²) < 4.78 is 34.2. The van der Waals surface area contributed by atoms with E-state index < -0.39 is 15.9 Å². The number of amides is 1. The van der Waals surface area contributed by atoms with Gasteiger partial charge in [0.1, 0.15) is 5.75 Å². The normalized spacial score (nSPS) is 11.2. The lowest BCUT2D eigenvalue weighted by Gasteiger charge is -2.25. The molecule has 196 valence electrons. The van der Waals surface area contributed by atoms with Crippen LogP contribution < -0.4 is 14.4 Å². The number of carbonyl (C=O) groups is 1. The van der Waals surface area contributed by atoms with Gasteiger partial charge in [0.25, 0.3) is 15.9 Å². The molecule has 0 radical (unpaired) electrons. The highest BCUT2D eigenvalue weighted by molar-refractivity contribution is 7.92. The van der Waals surface area contributed by atoms with Crippen LogP contribution in [0.25, 0.3) is 0 Å². The van der Waals surface area contributed by atoms with E-state index in [2.05, 4.69) is 5.32 Å². The Bertz CT molecular complexity index is 1510. The number of nitrogens with one attached hydrogen (secondary N) is 1. The van der Waals surface area contributed by atoms with Crippen molar-refractivity contribution >= 4 is 62.1 Å². The topological polar surface area (TPSA) is 75.7 Å². The van der Waals surface area contributed by atoms with Crippen molar-refractivity contribution in [2.75, 3.05) is 16.2 Å². The van der Waals surface area contributed by atoms with Gasteiger partial charge in [-0.15, -0.1) is 0 Å². The summed E-state index contributed by atoms with van der Waals surface area (Å²) in [7, 11) is -3.89. The summed E-state index contributed by atoms with van der Waals surface area (Å²) >= 11 is 18.2. The molecule has 0 atom stereocenters. The lowest BCUT2D eigenvalue weighted by molar-refractivity contribution is -0.118. The fourth-order valence-corrected chi connectivity index (χ4v) is 5.63. The summed E-state index contributed by atoms with van der Waals surface area (Å²) in [6.45, 7) is 1.69. The molecule has 4 aromatic rings. The van der Waals surface area contributed by atoms with Crippen LogP contribution >= 0.6 is 34.8 Å². The number of benzene rings is 4. The van der Waals surface area contributed by atoms with Gasteiger partial charge in [-0.1, -0.05) is 70.7 Å². The number of ether oxygens (including phenoxy) is 1. The molecule has 0 aliphatic carbocycles. The Morgan fingerprint density at radius 1 is 0.842 bits per heavy atom. The first-order chi connectivity index (χ1) is 18.1. The van der Waals surface area contributed by atoms with Crippen LogP contribution in [-0.2, 0) is 21.4 Å². The van der Waals surface area contributed by atoms with Crippen molar-refractivity contribution < 1.29 is 17.9 Å². The van der Waals surface area contributed by atoms with Crippen molar-refractivity contribution in [3.8, 4) is 5.75 Å². The Kier molecular flexibility index (Phi) is 8.84. The highest BCUT2D eigenvalue weighted by Gasteiger charge is 2.25. The molecule has 0 saturated heterocycles. The maximum atomic E-state index is 13.6. The van der Waals surface area contributed by atoms with Gasteiger partial charge < -0.3 is 10.1 Å². The number of sulfonamides is 1. The third-order valence-corrected chi connectivity index (χ3v) is 8.24. The number of para-hydroxylation sites is 1. The van der Waals surface area contributed by atoms with Crippen LogP contribution in [0.4, 0.5) is 11.4 Å².